The summed E-state index contributed by atoms with van der Waals surface area (Å²) in [6, 6.07) is 0. The topological polar surface area (TPSA) is 66.4 Å². The van der Waals surface area contributed by atoms with Crippen LogP contribution in [-0.2, 0) is 9.59 Å². The molecule has 0 aliphatic rings. The lowest BCUT2D eigenvalue weighted by Crippen LogP contribution is -2.21. The number of allylic oxidation sites excluding steroid dienone is 3. The van der Waals surface area contributed by atoms with E-state index < -0.39 is 5.97 Å². The normalized spacial score (nSPS) is 13.8. The largest absolute Gasteiger partial charge is 0.478 e. The maximum Gasteiger partial charge on any atom is 0.330 e. The highest BCUT2D eigenvalue weighted by Gasteiger charge is 2.06. The lowest BCUT2D eigenvalue weighted by Gasteiger charge is -2.10. The number of carboxylic acid groups (broad SMARTS) is 1. The van der Waals surface area contributed by atoms with Crippen LogP contribution in [-0.4, -0.2) is 17.0 Å². The Morgan fingerprint density at radius 1 is 1.44 bits per heavy atom. The molecule has 0 rings (SSSR count). The van der Waals surface area contributed by atoms with E-state index in [1.54, 1.807) is 0 Å². The molecule has 0 aromatic carbocycles. The predicted molar refractivity (Wildman–Crippen MR) is 62.7 cm³/mol. The zero-order valence-electron chi connectivity index (χ0n) is 9.99. The van der Waals surface area contributed by atoms with E-state index in [0.717, 1.165) is 12.5 Å². The number of carbonyl (C=O) groups excluding carboxylic acids is 1. The van der Waals surface area contributed by atoms with Crippen LogP contribution in [0.1, 0.15) is 33.6 Å². The van der Waals surface area contributed by atoms with E-state index in [1.165, 1.54) is 6.92 Å². The third-order valence-corrected chi connectivity index (χ3v) is 1.88. The van der Waals surface area contributed by atoms with Crippen LogP contribution in [0.3, 0.4) is 0 Å². The second-order valence-electron chi connectivity index (χ2n) is 3.71. The molecule has 0 heterocycles. The summed E-state index contributed by atoms with van der Waals surface area (Å²) >= 11 is 0. The second-order valence-corrected chi connectivity index (χ2v) is 3.71. The minimum Gasteiger partial charge on any atom is -0.478 e. The zero-order valence-corrected chi connectivity index (χ0v) is 9.99. The van der Waals surface area contributed by atoms with E-state index in [9.17, 15) is 9.59 Å². The molecule has 0 saturated heterocycles. The van der Waals surface area contributed by atoms with Crippen molar-refractivity contribution < 1.29 is 14.7 Å². The lowest BCUT2D eigenvalue weighted by molar-refractivity contribution is -0.131. The van der Waals surface area contributed by atoms with E-state index in [2.05, 4.69) is 5.32 Å². The SMILES string of the molecule is CCC=C[C@@H](C)CC(=CC(=O)O)NC(C)=O. The Balaban J connectivity index is 4.48. The minimum absolute atomic E-state index is 0.206. The maximum atomic E-state index is 10.9. The minimum atomic E-state index is -1.05. The lowest BCUT2D eigenvalue weighted by atomic mass is 10.0. The van der Waals surface area contributed by atoms with Gasteiger partial charge in [0.1, 0.15) is 0 Å². The molecule has 0 spiro atoms. The van der Waals surface area contributed by atoms with Gasteiger partial charge < -0.3 is 10.4 Å². The highest BCUT2D eigenvalue weighted by atomic mass is 16.4. The molecule has 0 unspecified atom stereocenters. The molecule has 1 amide bonds. The van der Waals surface area contributed by atoms with Crippen molar-refractivity contribution in [1.29, 1.82) is 0 Å². The quantitative estimate of drug-likeness (QED) is 0.537. The molecule has 1 atom stereocenters. The van der Waals surface area contributed by atoms with E-state index in [4.69, 9.17) is 5.11 Å². The molecule has 0 bridgehead atoms. The fraction of sp³-hybridized carbons (Fsp3) is 0.500. The average Bonchev–Trinajstić information content (AvgIpc) is 2.12. The van der Waals surface area contributed by atoms with Crippen LogP contribution in [0.4, 0.5) is 0 Å². The van der Waals surface area contributed by atoms with Gasteiger partial charge in [0.25, 0.3) is 0 Å². The van der Waals surface area contributed by atoms with Gasteiger partial charge in [0.15, 0.2) is 0 Å². The number of amides is 1. The molecule has 16 heavy (non-hydrogen) atoms. The fourth-order valence-electron chi connectivity index (χ4n) is 1.30. The Hall–Kier alpha value is -1.58. The van der Waals surface area contributed by atoms with Crippen LogP contribution in [0.15, 0.2) is 23.9 Å². The van der Waals surface area contributed by atoms with Crippen LogP contribution in [0, 0.1) is 5.92 Å². The van der Waals surface area contributed by atoms with Gasteiger partial charge in [0.2, 0.25) is 5.91 Å². The van der Waals surface area contributed by atoms with Crippen LogP contribution >= 0.6 is 0 Å². The summed E-state index contributed by atoms with van der Waals surface area (Å²) < 4.78 is 0. The Labute approximate surface area is 96.0 Å². The third kappa shape index (κ3) is 7.79. The summed E-state index contributed by atoms with van der Waals surface area (Å²) in [4.78, 5) is 21.4. The Kier molecular flexibility index (Phi) is 6.92. The van der Waals surface area contributed by atoms with Gasteiger partial charge in [-0.25, -0.2) is 4.79 Å². The first-order valence-electron chi connectivity index (χ1n) is 5.33. The number of carboxylic acids is 1. The summed E-state index contributed by atoms with van der Waals surface area (Å²) in [5, 5.41) is 11.2. The van der Waals surface area contributed by atoms with Gasteiger partial charge in [-0.15, -0.1) is 0 Å². The van der Waals surface area contributed by atoms with E-state index >= 15 is 0 Å². The molecule has 0 aliphatic carbocycles. The molecule has 0 saturated carbocycles. The first-order valence-corrected chi connectivity index (χ1v) is 5.33. The number of carbonyl (C=O) groups is 2. The summed E-state index contributed by atoms with van der Waals surface area (Å²) in [7, 11) is 0. The van der Waals surface area contributed by atoms with Crippen molar-refractivity contribution in [3.8, 4) is 0 Å². The van der Waals surface area contributed by atoms with Crippen molar-refractivity contribution in [2.75, 3.05) is 0 Å². The van der Waals surface area contributed by atoms with Crippen molar-refractivity contribution in [2.45, 2.75) is 33.6 Å². The van der Waals surface area contributed by atoms with Crippen LogP contribution < -0.4 is 5.32 Å². The average molecular weight is 225 g/mol. The number of rotatable bonds is 6. The van der Waals surface area contributed by atoms with Gasteiger partial charge in [-0.3, -0.25) is 4.79 Å². The summed E-state index contributed by atoms with van der Waals surface area (Å²) in [5.74, 6) is -1.09. The Morgan fingerprint density at radius 2 is 2.06 bits per heavy atom. The molecule has 0 aliphatic heterocycles. The van der Waals surface area contributed by atoms with Gasteiger partial charge >= 0.3 is 5.97 Å². The smallest absolute Gasteiger partial charge is 0.330 e. The highest BCUT2D eigenvalue weighted by molar-refractivity contribution is 5.83. The summed E-state index contributed by atoms with van der Waals surface area (Å²) in [6.45, 7) is 5.37. The van der Waals surface area contributed by atoms with Crippen LogP contribution in [0.5, 0.6) is 0 Å². The van der Waals surface area contributed by atoms with Crippen molar-refractivity contribution >= 4 is 11.9 Å². The zero-order chi connectivity index (χ0) is 12.6. The van der Waals surface area contributed by atoms with E-state index in [-0.39, 0.29) is 11.8 Å². The maximum absolute atomic E-state index is 10.9. The summed E-state index contributed by atoms with van der Waals surface area (Å²) in [6.07, 6.45) is 6.54. The molecule has 4 heteroatoms. The number of aliphatic carboxylic acids is 1. The van der Waals surface area contributed by atoms with Crippen molar-refractivity contribution in [3.63, 3.8) is 0 Å². The van der Waals surface area contributed by atoms with Crippen LogP contribution in [0.2, 0.25) is 0 Å². The Morgan fingerprint density at radius 3 is 2.50 bits per heavy atom. The van der Waals surface area contributed by atoms with Gasteiger partial charge in [0, 0.05) is 18.7 Å². The van der Waals surface area contributed by atoms with Crippen LogP contribution in [0.25, 0.3) is 0 Å². The highest BCUT2D eigenvalue weighted by Crippen LogP contribution is 2.11. The fourth-order valence-corrected chi connectivity index (χ4v) is 1.30. The molecular formula is C12H19NO3. The van der Waals surface area contributed by atoms with E-state index in [1.807, 2.05) is 26.0 Å². The molecule has 0 aromatic heterocycles. The second kappa shape index (κ2) is 7.68. The van der Waals surface area contributed by atoms with Crippen molar-refractivity contribution in [2.24, 2.45) is 5.92 Å². The molecule has 0 aromatic rings. The molecule has 90 valence electrons. The van der Waals surface area contributed by atoms with Gasteiger partial charge in [-0.1, -0.05) is 26.0 Å². The first-order chi connectivity index (χ1) is 7.45. The predicted octanol–water partition coefficient (Wildman–Crippen LogP) is 2.08. The summed E-state index contributed by atoms with van der Waals surface area (Å²) in [5.41, 5.74) is 0.438. The van der Waals surface area contributed by atoms with Gasteiger partial charge in [-0.05, 0) is 18.8 Å². The molecule has 2 N–H and O–H groups in total. The number of nitrogens with one attached hydrogen (secondary N) is 1. The standard InChI is InChI=1S/C12H19NO3/c1-4-5-6-9(2)7-11(8-12(15)16)13-10(3)14/h5-6,8-9H,4,7H2,1-3H3,(H,13,14)(H,15,16)/t9-/m1/s1. The first kappa shape index (κ1) is 14.4. The third-order valence-electron chi connectivity index (χ3n) is 1.88. The molecule has 4 nitrogen and oxygen atoms in total. The molecule has 0 fully saturated rings. The number of hydrogen-bond acceptors (Lipinski definition) is 2. The Bertz CT molecular complexity index is 305. The van der Waals surface area contributed by atoms with E-state index in [0.29, 0.717) is 12.1 Å². The van der Waals surface area contributed by atoms with Crippen molar-refractivity contribution in [3.05, 3.63) is 23.9 Å². The monoisotopic (exact) mass is 225 g/mol. The number of hydrogen-bond donors (Lipinski definition) is 2. The van der Waals surface area contributed by atoms with Gasteiger partial charge in [-0.2, -0.15) is 0 Å². The van der Waals surface area contributed by atoms with Gasteiger partial charge in [0.05, 0.1) is 0 Å². The molecule has 0 radical (unpaired) electrons. The molecular weight excluding hydrogens is 206 g/mol. The van der Waals surface area contributed by atoms with Crippen molar-refractivity contribution in [1.82, 2.24) is 5.32 Å².